The van der Waals surface area contributed by atoms with E-state index in [-0.39, 0.29) is 11.8 Å². The monoisotopic (exact) mass is 500 g/mol. The molecule has 0 saturated carbocycles. The molecule has 0 bridgehead atoms. The number of fused-ring (bicyclic) bond motifs is 1. The van der Waals surface area contributed by atoms with E-state index in [4.69, 9.17) is 16.6 Å². The molecule has 1 N–H and O–H groups in total. The van der Waals surface area contributed by atoms with E-state index in [2.05, 4.69) is 71.1 Å². The number of rotatable bonds is 7. The summed E-state index contributed by atoms with van der Waals surface area (Å²) in [5.41, 5.74) is 5.45. The number of halogens is 1. The van der Waals surface area contributed by atoms with Crippen LogP contribution in [0.4, 0.5) is 5.69 Å². The average Bonchev–Trinajstić information content (AvgIpc) is 3.22. The number of carbonyl (C=O) groups excluding carboxylic acids is 1. The van der Waals surface area contributed by atoms with Gasteiger partial charge in [-0.05, 0) is 72.8 Å². The van der Waals surface area contributed by atoms with Gasteiger partial charge in [-0.1, -0.05) is 61.8 Å². The van der Waals surface area contributed by atoms with Gasteiger partial charge in [-0.25, -0.2) is 4.98 Å². The van der Waals surface area contributed by atoms with E-state index >= 15 is 0 Å². The van der Waals surface area contributed by atoms with Crippen molar-refractivity contribution in [2.75, 3.05) is 18.4 Å². The first-order valence-electron chi connectivity index (χ1n) is 12.8. The smallest absolute Gasteiger partial charge is 0.228 e. The minimum absolute atomic E-state index is 0.0300. The van der Waals surface area contributed by atoms with E-state index in [1.165, 1.54) is 11.1 Å². The van der Waals surface area contributed by atoms with Crippen LogP contribution in [-0.4, -0.2) is 33.4 Å². The van der Waals surface area contributed by atoms with Crippen LogP contribution < -0.4 is 5.32 Å². The minimum Gasteiger partial charge on any atom is -0.326 e. The van der Waals surface area contributed by atoms with Crippen molar-refractivity contribution in [3.05, 3.63) is 94.8 Å². The van der Waals surface area contributed by atoms with Gasteiger partial charge < -0.3 is 9.88 Å². The van der Waals surface area contributed by atoms with Gasteiger partial charge in [0.15, 0.2) is 0 Å². The molecular weight excluding hydrogens is 468 g/mol. The Labute approximate surface area is 218 Å². The summed E-state index contributed by atoms with van der Waals surface area (Å²) in [5.74, 6) is 1.58. The molecule has 4 aromatic rings. The molecule has 1 fully saturated rings. The van der Waals surface area contributed by atoms with E-state index < -0.39 is 0 Å². The number of hydrogen-bond donors (Lipinski definition) is 1. The van der Waals surface area contributed by atoms with Crippen LogP contribution in [0, 0.1) is 5.92 Å². The Kier molecular flexibility index (Phi) is 7.40. The summed E-state index contributed by atoms with van der Waals surface area (Å²) < 4.78 is 2.29. The number of piperidine rings is 1. The van der Waals surface area contributed by atoms with Crippen LogP contribution in [0.2, 0.25) is 5.02 Å². The maximum Gasteiger partial charge on any atom is 0.228 e. The summed E-state index contributed by atoms with van der Waals surface area (Å²) in [6, 6.07) is 24.5. The van der Waals surface area contributed by atoms with Gasteiger partial charge in [-0.2, -0.15) is 0 Å². The standard InChI is InChI=1S/C30H33ClN4O/c1-21(2)23-11-15-26(16-12-23)32-30(36)24-6-5-17-34(19-24)20-29-33-27-7-3-4-8-28(27)35(29)18-22-9-13-25(31)14-10-22/h3-4,7-16,21,24H,5-6,17-20H2,1-2H3,(H,32,36)/t24-/m0/s1. The van der Waals surface area contributed by atoms with E-state index in [1.807, 2.05) is 30.3 Å². The summed E-state index contributed by atoms with van der Waals surface area (Å²) in [4.78, 5) is 20.4. The molecule has 186 valence electrons. The Balaban J connectivity index is 1.29. The molecule has 5 nitrogen and oxygen atoms in total. The van der Waals surface area contributed by atoms with Crippen molar-refractivity contribution in [1.82, 2.24) is 14.5 Å². The van der Waals surface area contributed by atoms with Crippen molar-refractivity contribution >= 4 is 34.2 Å². The number of likely N-dealkylation sites (tertiary alicyclic amines) is 1. The molecule has 0 spiro atoms. The Morgan fingerprint density at radius 1 is 1.03 bits per heavy atom. The van der Waals surface area contributed by atoms with E-state index in [0.717, 1.165) is 66.6 Å². The predicted molar refractivity (Wildman–Crippen MR) is 147 cm³/mol. The third-order valence-electron chi connectivity index (χ3n) is 7.07. The van der Waals surface area contributed by atoms with Crippen molar-refractivity contribution in [2.24, 2.45) is 5.92 Å². The molecule has 0 radical (unpaired) electrons. The maximum atomic E-state index is 13.1. The average molecular weight is 501 g/mol. The summed E-state index contributed by atoms with van der Waals surface area (Å²) in [5, 5.41) is 3.87. The van der Waals surface area contributed by atoms with Crippen LogP contribution in [0.1, 0.15) is 49.6 Å². The first-order valence-corrected chi connectivity index (χ1v) is 13.2. The zero-order valence-corrected chi connectivity index (χ0v) is 21.7. The normalized spacial score (nSPS) is 16.5. The lowest BCUT2D eigenvalue weighted by Crippen LogP contribution is -2.40. The molecular formula is C30H33ClN4O. The zero-order chi connectivity index (χ0) is 25.1. The number of anilines is 1. The molecule has 1 aliphatic heterocycles. The quantitative estimate of drug-likeness (QED) is 0.306. The summed E-state index contributed by atoms with van der Waals surface area (Å²) in [6.07, 6.45) is 1.91. The number of nitrogens with one attached hydrogen (secondary N) is 1. The second-order valence-electron chi connectivity index (χ2n) is 10.1. The van der Waals surface area contributed by atoms with Gasteiger partial charge >= 0.3 is 0 Å². The number of benzene rings is 3. The van der Waals surface area contributed by atoms with Crippen molar-refractivity contribution in [2.45, 2.75) is 45.7 Å². The Hall–Kier alpha value is -3.15. The SMILES string of the molecule is CC(C)c1ccc(NC(=O)[C@H]2CCCN(Cc3nc4ccccc4n3Cc3ccc(Cl)cc3)C2)cc1. The third-order valence-corrected chi connectivity index (χ3v) is 7.33. The van der Waals surface area contributed by atoms with E-state index in [0.29, 0.717) is 5.92 Å². The Bertz CT molecular complexity index is 1330. The van der Waals surface area contributed by atoms with Gasteiger partial charge in [0, 0.05) is 23.8 Å². The number of para-hydroxylation sites is 2. The molecule has 1 aromatic heterocycles. The number of aromatic nitrogens is 2. The molecule has 1 saturated heterocycles. The van der Waals surface area contributed by atoms with Crippen LogP contribution in [0.5, 0.6) is 0 Å². The number of nitrogens with zero attached hydrogens (tertiary/aromatic N) is 3. The molecule has 0 unspecified atom stereocenters. The molecule has 3 aromatic carbocycles. The lowest BCUT2D eigenvalue weighted by molar-refractivity contribution is -0.121. The van der Waals surface area contributed by atoms with Crippen molar-refractivity contribution in [1.29, 1.82) is 0 Å². The topological polar surface area (TPSA) is 50.2 Å². The van der Waals surface area contributed by atoms with Crippen LogP contribution in [0.25, 0.3) is 11.0 Å². The highest BCUT2D eigenvalue weighted by Crippen LogP contribution is 2.24. The Morgan fingerprint density at radius 3 is 2.53 bits per heavy atom. The number of imidazole rings is 1. The predicted octanol–water partition coefficient (Wildman–Crippen LogP) is 6.71. The minimum atomic E-state index is -0.0300. The maximum absolute atomic E-state index is 13.1. The van der Waals surface area contributed by atoms with Gasteiger partial charge in [0.2, 0.25) is 5.91 Å². The Morgan fingerprint density at radius 2 is 1.78 bits per heavy atom. The molecule has 1 atom stereocenters. The van der Waals surface area contributed by atoms with Gasteiger partial charge in [0.25, 0.3) is 0 Å². The van der Waals surface area contributed by atoms with Gasteiger partial charge in [0.1, 0.15) is 5.82 Å². The number of amides is 1. The summed E-state index contributed by atoms with van der Waals surface area (Å²) in [7, 11) is 0. The first kappa shape index (κ1) is 24.5. The fraction of sp³-hybridized carbons (Fsp3) is 0.333. The summed E-state index contributed by atoms with van der Waals surface area (Å²) >= 11 is 6.10. The van der Waals surface area contributed by atoms with Crippen LogP contribution in [0.3, 0.4) is 0 Å². The lowest BCUT2D eigenvalue weighted by atomic mass is 9.97. The third kappa shape index (κ3) is 5.63. The molecule has 0 aliphatic carbocycles. The number of carbonyl (C=O) groups is 1. The van der Waals surface area contributed by atoms with Crippen LogP contribution in [-0.2, 0) is 17.9 Å². The second kappa shape index (κ2) is 10.9. The van der Waals surface area contributed by atoms with Gasteiger partial charge in [-0.3, -0.25) is 9.69 Å². The van der Waals surface area contributed by atoms with Crippen molar-refractivity contribution in [3.8, 4) is 0 Å². The van der Waals surface area contributed by atoms with E-state index in [9.17, 15) is 4.79 Å². The zero-order valence-electron chi connectivity index (χ0n) is 21.0. The molecule has 5 rings (SSSR count). The first-order chi connectivity index (χ1) is 17.5. The highest BCUT2D eigenvalue weighted by molar-refractivity contribution is 6.30. The molecule has 36 heavy (non-hydrogen) atoms. The fourth-order valence-corrected chi connectivity index (χ4v) is 5.13. The molecule has 1 aliphatic rings. The van der Waals surface area contributed by atoms with Crippen LogP contribution in [0.15, 0.2) is 72.8 Å². The molecule has 1 amide bonds. The largest absolute Gasteiger partial charge is 0.326 e. The van der Waals surface area contributed by atoms with Gasteiger partial charge in [0.05, 0.1) is 23.5 Å². The van der Waals surface area contributed by atoms with Crippen molar-refractivity contribution < 1.29 is 4.79 Å². The van der Waals surface area contributed by atoms with Crippen molar-refractivity contribution in [3.63, 3.8) is 0 Å². The van der Waals surface area contributed by atoms with E-state index in [1.54, 1.807) is 0 Å². The fourth-order valence-electron chi connectivity index (χ4n) is 5.00. The highest BCUT2D eigenvalue weighted by Gasteiger charge is 2.27. The second-order valence-corrected chi connectivity index (χ2v) is 10.5. The molecule has 2 heterocycles. The highest BCUT2D eigenvalue weighted by atomic mass is 35.5. The van der Waals surface area contributed by atoms with Crippen LogP contribution >= 0.6 is 11.6 Å². The molecule has 6 heteroatoms. The van der Waals surface area contributed by atoms with Gasteiger partial charge in [-0.15, -0.1) is 0 Å². The lowest BCUT2D eigenvalue weighted by Gasteiger charge is -2.31. The summed E-state index contributed by atoms with van der Waals surface area (Å²) in [6.45, 7) is 7.51. The number of hydrogen-bond acceptors (Lipinski definition) is 3.